The maximum Gasteiger partial charge on any atom is 1.00 e. The summed E-state index contributed by atoms with van der Waals surface area (Å²) < 4.78 is 145. The monoisotopic (exact) mass is 344 g/mol. The predicted octanol–water partition coefficient (Wildman–Crippen LogP) is -0.155. The van der Waals surface area contributed by atoms with Crippen LogP contribution in [0.2, 0.25) is 0 Å². The predicted molar refractivity (Wildman–Crippen MR) is 37.3 cm³/mol. The van der Waals surface area contributed by atoms with Gasteiger partial charge in [-0.05, 0) is 0 Å². The summed E-state index contributed by atoms with van der Waals surface area (Å²) in [6, 6.07) is 0. The first-order valence-corrected chi connectivity index (χ1v) is 4.74. The van der Waals surface area contributed by atoms with Crippen LogP contribution < -0.4 is 18.9 Å². The van der Waals surface area contributed by atoms with Crippen molar-refractivity contribution >= 4 is 10.4 Å². The quantitative estimate of drug-likeness (QED) is 0.394. The van der Waals surface area contributed by atoms with Gasteiger partial charge in [-0.25, -0.2) is 0 Å². The van der Waals surface area contributed by atoms with Gasteiger partial charge < -0.3 is 1.43 Å². The number of hydrogen-bond donors (Lipinski definition) is 2. The zero-order chi connectivity index (χ0) is 16.5. The van der Waals surface area contributed by atoms with Gasteiger partial charge in [-0.3, -0.25) is 9.11 Å². The second-order valence-corrected chi connectivity index (χ2v) is 3.49. The third kappa shape index (κ3) is 6.97. The van der Waals surface area contributed by atoms with Gasteiger partial charge in [0.05, 0.1) is 0 Å². The molecule has 0 radical (unpaired) electrons. The molecular weight excluding hydrogens is 341 g/mol. The van der Waals surface area contributed by atoms with Crippen molar-refractivity contribution in [1.29, 1.82) is 0 Å². The van der Waals surface area contributed by atoms with E-state index < -0.39 is 34.6 Å². The molecule has 2 N–H and O–H groups in total. The van der Waals surface area contributed by atoms with Crippen molar-refractivity contribution < 1.29 is 81.7 Å². The van der Waals surface area contributed by atoms with Crippen molar-refractivity contribution in [3.8, 4) is 0 Å². The third-order valence-electron chi connectivity index (χ3n) is 1.11. The fourth-order valence-corrected chi connectivity index (χ4v) is 0.356. The summed E-state index contributed by atoms with van der Waals surface area (Å²) in [5, 5.41) is 0. The normalized spacial score (nSPS) is 14.0. The molecule has 0 amide bonds. The third-order valence-corrected chi connectivity index (χ3v) is 1.11. The Bertz CT molecular complexity index is 370. The Morgan fingerprint density at radius 3 is 0.800 bits per heavy atom. The Morgan fingerprint density at radius 2 is 0.750 bits per heavy atom. The minimum Gasteiger partial charge on any atom is -1.00 e. The van der Waals surface area contributed by atoms with Crippen molar-refractivity contribution in [2.75, 3.05) is 0 Å². The summed E-state index contributed by atoms with van der Waals surface area (Å²) in [4.78, 5) is 0. The number of halogens is 10. The molecule has 20 heavy (non-hydrogen) atoms. The molecule has 0 aromatic rings. The van der Waals surface area contributed by atoms with Gasteiger partial charge in [0.2, 0.25) is 0 Å². The number of alkyl halides is 10. The summed E-state index contributed by atoms with van der Waals surface area (Å²) in [6.07, 6.45) is -13.9. The van der Waals surface area contributed by atoms with Gasteiger partial charge in [0.15, 0.2) is 0 Å². The standard InChI is InChI=1S/C4F10.Li.H2O4S.H/c5-1(6,3(9,10)11)2(7,8)4(12,13)14;;1-5(2,3)4;/h;;(H2,1,2,3,4);/q;+1;;-1. The Kier molecular flexibility index (Phi) is 8.28. The minimum absolute atomic E-state index is 0. The molecule has 0 atom stereocenters. The second-order valence-electron chi connectivity index (χ2n) is 2.59. The first kappa shape index (κ1) is 24.8. The zero-order valence-corrected chi connectivity index (χ0v) is 9.72. The van der Waals surface area contributed by atoms with E-state index in [4.69, 9.17) is 17.5 Å². The molecule has 0 spiro atoms. The molecule has 16 heteroatoms. The molecule has 0 aromatic carbocycles. The first-order valence-electron chi connectivity index (χ1n) is 3.34. The summed E-state index contributed by atoms with van der Waals surface area (Å²) in [6.45, 7) is 0. The summed E-state index contributed by atoms with van der Waals surface area (Å²) in [5.41, 5.74) is 0. The van der Waals surface area contributed by atoms with Crippen molar-refractivity contribution in [2.45, 2.75) is 24.2 Å². The molecule has 0 aliphatic heterocycles. The van der Waals surface area contributed by atoms with Crippen molar-refractivity contribution in [3.05, 3.63) is 0 Å². The van der Waals surface area contributed by atoms with Crippen LogP contribution in [0.4, 0.5) is 43.9 Å². The molecule has 0 rings (SSSR count). The maximum absolute atomic E-state index is 11.6. The summed E-state index contributed by atoms with van der Waals surface area (Å²) >= 11 is 0. The van der Waals surface area contributed by atoms with E-state index in [0.29, 0.717) is 0 Å². The van der Waals surface area contributed by atoms with Gasteiger partial charge in [0.1, 0.15) is 0 Å². The molecule has 0 aliphatic rings. The van der Waals surface area contributed by atoms with Crippen molar-refractivity contribution in [1.82, 2.24) is 0 Å². The van der Waals surface area contributed by atoms with Crippen LogP contribution in [-0.2, 0) is 10.4 Å². The van der Waals surface area contributed by atoms with Crippen LogP contribution in [0.1, 0.15) is 1.43 Å². The van der Waals surface area contributed by atoms with E-state index >= 15 is 0 Å². The van der Waals surface area contributed by atoms with Crippen LogP contribution in [0.15, 0.2) is 0 Å². The van der Waals surface area contributed by atoms with E-state index in [2.05, 4.69) is 0 Å². The van der Waals surface area contributed by atoms with Gasteiger partial charge in [0, 0.05) is 0 Å². The van der Waals surface area contributed by atoms with E-state index in [1.165, 1.54) is 0 Å². The SMILES string of the molecule is FC(F)(F)C(F)(F)C(F)(F)C(F)(F)F.O=S(=O)(O)O.[H-].[Li+]. The molecule has 0 aromatic heterocycles. The van der Waals surface area contributed by atoms with E-state index in [0.717, 1.165) is 0 Å². The maximum atomic E-state index is 11.6. The molecule has 120 valence electrons. The minimum atomic E-state index is -7.14. The van der Waals surface area contributed by atoms with Crippen LogP contribution in [-0.4, -0.2) is 41.7 Å². The molecule has 0 heterocycles. The van der Waals surface area contributed by atoms with Crippen LogP contribution in [0.5, 0.6) is 0 Å². The molecule has 0 bridgehead atoms. The molecule has 0 fully saturated rings. The molecule has 0 unspecified atom stereocenters. The zero-order valence-electron chi connectivity index (χ0n) is 9.90. The van der Waals surface area contributed by atoms with Crippen LogP contribution >= 0.6 is 0 Å². The van der Waals surface area contributed by atoms with Crippen molar-refractivity contribution in [3.63, 3.8) is 0 Å². The van der Waals surface area contributed by atoms with Crippen molar-refractivity contribution in [2.24, 2.45) is 0 Å². The topological polar surface area (TPSA) is 74.6 Å². The molecule has 0 aliphatic carbocycles. The van der Waals surface area contributed by atoms with Gasteiger partial charge >= 0.3 is 53.5 Å². The van der Waals surface area contributed by atoms with Gasteiger partial charge in [0.25, 0.3) is 0 Å². The molecule has 0 saturated heterocycles. The largest absolute Gasteiger partial charge is 1.00 e. The Hall–Kier alpha value is -0.233. The van der Waals surface area contributed by atoms with Crippen LogP contribution in [0.3, 0.4) is 0 Å². The molecule has 4 nitrogen and oxygen atoms in total. The van der Waals surface area contributed by atoms with Gasteiger partial charge in [-0.2, -0.15) is 52.3 Å². The van der Waals surface area contributed by atoms with Crippen LogP contribution in [0, 0.1) is 0 Å². The van der Waals surface area contributed by atoms with E-state index in [1.807, 2.05) is 0 Å². The average Bonchev–Trinajstić information content (AvgIpc) is 1.95. The Morgan fingerprint density at radius 1 is 0.650 bits per heavy atom. The van der Waals surface area contributed by atoms with Gasteiger partial charge in [-0.1, -0.05) is 0 Å². The Balaban J connectivity index is -0.000000179. The van der Waals surface area contributed by atoms with Crippen LogP contribution in [0.25, 0.3) is 0 Å². The summed E-state index contributed by atoms with van der Waals surface area (Å²) in [5.74, 6) is -14.3. The molecular formula is C4H3F10LiO4S. The van der Waals surface area contributed by atoms with E-state index in [-0.39, 0.29) is 20.3 Å². The Labute approximate surface area is 117 Å². The number of hydrogen-bond acceptors (Lipinski definition) is 2. The fraction of sp³-hybridized carbons (Fsp3) is 1.00. The first-order chi connectivity index (χ1) is 7.75. The van der Waals surface area contributed by atoms with E-state index in [1.54, 1.807) is 0 Å². The van der Waals surface area contributed by atoms with Gasteiger partial charge in [-0.15, -0.1) is 0 Å². The summed E-state index contributed by atoms with van der Waals surface area (Å²) in [7, 11) is -4.67. The number of rotatable bonds is 1. The van der Waals surface area contributed by atoms with E-state index in [9.17, 15) is 43.9 Å². The fourth-order valence-electron chi connectivity index (χ4n) is 0.356. The molecule has 0 saturated carbocycles. The smallest absolute Gasteiger partial charge is 1.00 e. The average molecular weight is 344 g/mol. The second kappa shape index (κ2) is 6.69.